The lowest BCUT2D eigenvalue weighted by Crippen LogP contribution is -2.59. The summed E-state index contributed by atoms with van der Waals surface area (Å²) in [6.07, 6.45) is 23.0. The van der Waals surface area contributed by atoms with Crippen LogP contribution in [0.4, 0.5) is 0 Å². The molecule has 4 aromatic rings. The lowest BCUT2D eigenvalue weighted by Gasteiger charge is -2.36. The van der Waals surface area contributed by atoms with Gasteiger partial charge in [-0.3, -0.25) is 38.4 Å². The zero-order chi connectivity index (χ0) is 66.8. The molecule has 4 aliphatic rings. The van der Waals surface area contributed by atoms with E-state index < -0.39 is 73.8 Å². The zero-order valence-corrected chi connectivity index (χ0v) is 43.1. The minimum Gasteiger partial charge on any atom is -0.465 e. The Morgan fingerprint density at radius 1 is 0.456 bits per heavy atom. The molecule has 0 atom stereocenters. The summed E-state index contributed by atoms with van der Waals surface area (Å²) in [6, 6.07) is 12.9. The molecule has 23 nitrogen and oxygen atoms in total. The van der Waals surface area contributed by atoms with Crippen molar-refractivity contribution in [3.63, 3.8) is 0 Å². The van der Waals surface area contributed by atoms with Crippen molar-refractivity contribution in [2.24, 2.45) is 5.41 Å². The van der Waals surface area contributed by atoms with Gasteiger partial charge in [-0.05, 0) is 124 Å². The van der Waals surface area contributed by atoms with Gasteiger partial charge in [-0.2, -0.15) is 0 Å². The van der Waals surface area contributed by atoms with Crippen LogP contribution in [0.5, 0.6) is 0 Å². The molecule has 0 bridgehead atoms. The van der Waals surface area contributed by atoms with Crippen LogP contribution in [0.2, 0.25) is 0 Å². The Morgan fingerprint density at radius 2 is 0.671 bits per heavy atom. The number of hydrogen-bond acceptors (Lipinski definition) is 15. The van der Waals surface area contributed by atoms with Gasteiger partial charge >= 0.3 is 0 Å². The summed E-state index contributed by atoms with van der Waals surface area (Å²) in [7, 11) is -7.63. The number of rotatable bonds is 28. The molecule has 0 radical (unpaired) electrons. The number of amides is 8. The number of aliphatic hydroxyl groups is 3. The van der Waals surface area contributed by atoms with E-state index in [1.54, 1.807) is 48.5 Å². The summed E-state index contributed by atoms with van der Waals surface area (Å²) < 4.78 is 93.6. The van der Waals surface area contributed by atoms with E-state index in [0.717, 1.165) is 0 Å². The van der Waals surface area contributed by atoms with E-state index in [-0.39, 0.29) is 76.5 Å². The molecule has 426 valence electrons. The monoisotopic (exact) mass is 1110 g/mol. The van der Waals surface area contributed by atoms with Crippen LogP contribution < -0.4 is 21.3 Å². The lowest BCUT2D eigenvalue weighted by atomic mass is 9.86. The van der Waals surface area contributed by atoms with Gasteiger partial charge in [0.2, 0.25) is 51.6 Å². The van der Waals surface area contributed by atoms with Crippen molar-refractivity contribution in [3.8, 4) is 0 Å². The molecule has 0 unspecified atom stereocenters. The van der Waals surface area contributed by atoms with Gasteiger partial charge in [0, 0.05) is 101 Å². The Morgan fingerprint density at radius 3 is 0.835 bits per heavy atom. The number of carbonyl (C=O) groups excluding carboxylic acids is 8. The standard InChI is InChI=1S/C53H60N8O12.3CH4O/c62-45(29-58(37-9-10-37)49(66)21-17-41-5-1-25-70-41)54-33-53(34-55-46(63)30-59(38-11-12-38)50(67)22-18-42-6-2-26-71-42,35-56-47(64)31-60(39-13-14-39)51(68)23-19-43-7-3-27-72-43)36-57-48(65)32-61(40-15-16-40)52(69)24-20-44-8-4-28-73-44;3*1-2/h1-8,17-28,37-40H,9-16,29-36H2,(H,54,62)(H,55,63)(H,56,64)(H,57,65);3*2H,1H3/b21-17+,22-18+,23-19+,24-20+;;;/i;3*1D3,2D. The number of nitrogens with one attached hydrogen (secondary N) is 4. The highest BCUT2D eigenvalue weighted by Crippen LogP contribution is 2.30. The van der Waals surface area contributed by atoms with E-state index in [4.69, 9.17) is 34.3 Å². The van der Waals surface area contributed by atoms with Gasteiger partial charge in [-0.15, -0.1) is 0 Å². The molecule has 4 saturated carbocycles. The number of nitrogens with zero attached hydrogens (tertiary/aromatic N) is 4. The maximum atomic E-state index is 13.9. The Kier molecular flexibility index (Phi) is 18.4. The normalized spacial score (nSPS) is 17.4. The van der Waals surface area contributed by atoms with Gasteiger partial charge in [-0.25, -0.2) is 0 Å². The van der Waals surface area contributed by atoms with Crippen molar-refractivity contribution in [2.45, 2.75) is 75.5 Å². The van der Waals surface area contributed by atoms with Crippen LogP contribution in [-0.2, 0) is 38.4 Å². The third-order valence-corrected chi connectivity index (χ3v) is 12.7. The predicted molar refractivity (Wildman–Crippen MR) is 289 cm³/mol. The first-order chi connectivity index (χ1) is 43.1. The Hall–Kier alpha value is -8.28. The summed E-state index contributed by atoms with van der Waals surface area (Å²) in [6.45, 7) is -2.23. The van der Waals surface area contributed by atoms with Gasteiger partial charge in [0.1, 0.15) is 49.2 Å². The SMILES string of the molecule is O=C(CN(C(=O)/C=C/c1ccco1)C1CC1)NCC(CNC(=O)CN(C(=O)/C=C/c1ccco1)C1CC1)(CNC(=O)CN(C(=O)/C=C/c1ccco1)C1CC1)CNC(=O)CN(C(=O)/C=C/c1ccco1)C1CC1.[2H]OC([2H])([2H])[2H].[2H]OC([2H])([2H])[2H].[2H]OC([2H])([2H])[2H]. The minimum absolute atomic E-state index is 0.162. The molecule has 79 heavy (non-hydrogen) atoms. The molecule has 8 amide bonds. The lowest BCUT2D eigenvalue weighted by molar-refractivity contribution is -0.134. The van der Waals surface area contributed by atoms with Crippen molar-refractivity contribution in [3.05, 3.63) is 121 Å². The van der Waals surface area contributed by atoms with Crippen LogP contribution in [0.25, 0.3) is 24.3 Å². The first kappa shape index (κ1) is 45.7. The first-order valence-corrected chi connectivity index (χ1v) is 25.2. The molecule has 23 heteroatoms. The fraction of sp³-hybridized carbons (Fsp3) is 0.429. The molecule has 8 rings (SSSR count). The van der Waals surface area contributed by atoms with Gasteiger partial charge < -0.3 is 73.9 Å². The molecule has 4 fully saturated rings. The maximum Gasteiger partial charge on any atom is 0.247 e. The summed E-state index contributed by atoms with van der Waals surface area (Å²) in [5.41, 5.74) is -1.38. The van der Waals surface area contributed by atoms with Crippen molar-refractivity contribution in [1.29, 1.82) is 4.29 Å². The first-order valence-electron chi connectivity index (χ1n) is 30.9. The van der Waals surface area contributed by atoms with Crippen LogP contribution in [-0.4, -0.2) is 184 Å². The average molecular weight is 1110 g/mol. The molecule has 0 aliphatic heterocycles. The largest absolute Gasteiger partial charge is 0.465 e. The second-order valence-electron chi connectivity index (χ2n) is 18.8. The summed E-state index contributed by atoms with van der Waals surface area (Å²) in [5.74, 6) is -1.93. The molecule has 4 aliphatic carbocycles. The highest BCUT2D eigenvalue weighted by molar-refractivity contribution is 5.97. The second-order valence-corrected chi connectivity index (χ2v) is 18.8. The number of hydrogen-bond donors (Lipinski definition) is 7. The molecule has 7 N–H and O–H groups in total. The molecule has 4 heterocycles. The second kappa shape index (κ2) is 31.8. The van der Waals surface area contributed by atoms with Crippen LogP contribution in [0.3, 0.4) is 0 Å². The highest BCUT2D eigenvalue weighted by Gasteiger charge is 2.39. The summed E-state index contributed by atoms with van der Waals surface area (Å²) in [5, 5.41) is 21.2. The van der Waals surface area contributed by atoms with Crippen LogP contribution in [0, 0.1) is 5.41 Å². The van der Waals surface area contributed by atoms with E-state index in [9.17, 15) is 38.4 Å². The van der Waals surface area contributed by atoms with E-state index in [1.165, 1.54) is 93.3 Å². The zero-order valence-electron chi connectivity index (χ0n) is 55.1. The Balaban J connectivity index is 0.000000732. The molecule has 4 aromatic heterocycles. The van der Waals surface area contributed by atoms with Crippen LogP contribution in [0.1, 0.15) is 86.7 Å². The smallest absolute Gasteiger partial charge is 0.247 e. The van der Waals surface area contributed by atoms with E-state index in [2.05, 4.69) is 36.6 Å². The van der Waals surface area contributed by atoms with Crippen molar-refractivity contribution < 1.29 is 83.7 Å². The average Bonchev–Trinajstić information content (AvgIpc) is 2.09. The van der Waals surface area contributed by atoms with Gasteiger partial charge in [0.05, 0.1) is 37.4 Å². The number of carbonyl (C=O) groups is 8. The third kappa shape index (κ3) is 20.9. The molecule has 0 saturated heterocycles. The maximum absolute atomic E-state index is 13.9. The van der Waals surface area contributed by atoms with Gasteiger partial charge in [0.25, 0.3) is 0 Å². The number of furan rings is 4. The summed E-state index contributed by atoms with van der Waals surface area (Å²) in [4.78, 5) is 115. The molecule has 0 spiro atoms. The van der Waals surface area contributed by atoms with Crippen LogP contribution in [0.15, 0.2) is 116 Å². The molecular weight excluding hydrogens is 1020 g/mol. The van der Waals surface area contributed by atoms with E-state index in [0.29, 0.717) is 74.4 Å². The van der Waals surface area contributed by atoms with Crippen molar-refractivity contribution >= 4 is 71.6 Å². The summed E-state index contributed by atoms with van der Waals surface area (Å²) >= 11 is 0. The Bertz CT molecular complexity index is 2670. The molecule has 0 aromatic carbocycles. The minimum atomic E-state index is -2.54. The van der Waals surface area contributed by atoms with Gasteiger partial charge in [0.15, 0.2) is 0 Å². The van der Waals surface area contributed by atoms with Gasteiger partial charge in [-0.1, -0.05) is 0 Å². The fourth-order valence-electron chi connectivity index (χ4n) is 8.00. The quantitative estimate of drug-likeness (QED) is 0.0402. The Labute approximate surface area is 475 Å². The van der Waals surface area contributed by atoms with Crippen LogP contribution >= 0.6 is 0 Å². The predicted octanol–water partition coefficient (Wildman–Crippen LogP) is 2.45. The third-order valence-electron chi connectivity index (χ3n) is 12.7. The van der Waals surface area contributed by atoms with E-state index in [1.807, 2.05) is 0 Å². The molecular formula is C56H72N8O15. The van der Waals surface area contributed by atoms with Crippen molar-refractivity contribution in [1.82, 2.24) is 40.9 Å². The van der Waals surface area contributed by atoms with Crippen molar-refractivity contribution in [2.75, 3.05) is 73.5 Å². The topological polar surface area (TPSA) is 311 Å². The fourth-order valence-corrected chi connectivity index (χ4v) is 8.00. The highest BCUT2D eigenvalue weighted by atomic mass is 16.3. The van der Waals surface area contributed by atoms with E-state index >= 15 is 0 Å².